The van der Waals surface area contributed by atoms with Crippen LogP contribution in [0.4, 0.5) is 22.7 Å². The van der Waals surface area contributed by atoms with Gasteiger partial charge in [0.15, 0.2) is 0 Å². The number of nitrogens with zero attached hydrogens (tertiary/aromatic N) is 1. The Bertz CT molecular complexity index is 1210. The van der Waals surface area contributed by atoms with Crippen LogP contribution in [0.5, 0.6) is 0 Å². The first-order valence-corrected chi connectivity index (χ1v) is 12.5. The first-order chi connectivity index (χ1) is 16.5. The summed E-state index contributed by atoms with van der Waals surface area (Å²) < 4.78 is 0. The number of carboxylic acids is 1. The van der Waals surface area contributed by atoms with Crippen LogP contribution in [0.1, 0.15) is 54.4 Å². The van der Waals surface area contributed by atoms with Gasteiger partial charge in [-0.3, -0.25) is 4.98 Å². The van der Waals surface area contributed by atoms with E-state index in [1.54, 1.807) is 12.3 Å². The van der Waals surface area contributed by atoms with Gasteiger partial charge in [-0.15, -0.1) is 0 Å². The fourth-order valence-electron chi connectivity index (χ4n) is 6.99. The van der Waals surface area contributed by atoms with Gasteiger partial charge in [0.25, 0.3) is 0 Å². The molecule has 5 nitrogen and oxygen atoms in total. The Morgan fingerprint density at radius 3 is 2.06 bits per heavy atom. The van der Waals surface area contributed by atoms with Crippen LogP contribution in [0, 0.1) is 17.8 Å². The van der Waals surface area contributed by atoms with Gasteiger partial charge in [0.05, 0.1) is 28.2 Å². The number of aromatic nitrogens is 1. The van der Waals surface area contributed by atoms with Gasteiger partial charge in [-0.1, -0.05) is 17.7 Å². The molecule has 0 radical (unpaired) electrons. The lowest BCUT2D eigenvalue weighted by molar-refractivity contribution is -0.00518. The summed E-state index contributed by atoms with van der Waals surface area (Å²) in [6, 6.07) is 16.0. The van der Waals surface area contributed by atoms with Crippen molar-refractivity contribution in [2.45, 2.75) is 43.9 Å². The molecule has 0 spiro atoms. The molecular formula is C28H28ClN3O2. The Morgan fingerprint density at radius 1 is 0.853 bits per heavy atom. The molecule has 4 aliphatic rings. The first kappa shape index (κ1) is 21.5. The van der Waals surface area contributed by atoms with E-state index in [0.29, 0.717) is 11.1 Å². The molecule has 174 valence electrons. The second-order valence-corrected chi connectivity index (χ2v) is 10.9. The van der Waals surface area contributed by atoms with Crippen LogP contribution in [-0.4, -0.2) is 16.1 Å². The number of carboxylic acid groups (broad SMARTS) is 1. The normalized spacial score (nSPS) is 26.9. The molecule has 0 aliphatic heterocycles. The van der Waals surface area contributed by atoms with E-state index in [-0.39, 0.29) is 5.56 Å². The first-order valence-electron chi connectivity index (χ1n) is 12.1. The molecule has 0 amide bonds. The van der Waals surface area contributed by atoms with Crippen molar-refractivity contribution < 1.29 is 9.90 Å². The molecule has 3 aromatic rings. The Balaban J connectivity index is 1.15. The van der Waals surface area contributed by atoms with Crippen LogP contribution in [0.25, 0.3) is 0 Å². The van der Waals surface area contributed by atoms with Crippen molar-refractivity contribution in [3.63, 3.8) is 0 Å². The minimum Gasteiger partial charge on any atom is -0.478 e. The molecule has 34 heavy (non-hydrogen) atoms. The fourth-order valence-corrected chi connectivity index (χ4v) is 7.22. The van der Waals surface area contributed by atoms with Crippen LogP contribution >= 0.6 is 11.6 Å². The third kappa shape index (κ3) is 4.03. The summed E-state index contributed by atoms with van der Waals surface area (Å²) in [4.78, 5) is 15.1. The quantitative estimate of drug-likeness (QED) is 0.348. The highest BCUT2D eigenvalue weighted by molar-refractivity contribution is 6.33. The summed E-state index contributed by atoms with van der Waals surface area (Å²) in [6.07, 6.45) is 11.3. The molecule has 0 saturated heterocycles. The minimum absolute atomic E-state index is 0.148. The van der Waals surface area contributed by atoms with E-state index >= 15 is 0 Å². The van der Waals surface area contributed by atoms with Crippen LogP contribution < -0.4 is 10.6 Å². The minimum atomic E-state index is -0.998. The molecule has 7 rings (SSSR count). The Morgan fingerprint density at radius 2 is 1.47 bits per heavy atom. The van der Waals surface area contributed by atoms with Gasteiger partial charge in [0.2, 0.25) is 0 Å². The molecular weight excluding hydrogens is 446 g/mol. The molecule has 0 unspecified atom stereocenters. The van der Waals surface area contributed by atoms with E-state index in [4.69, 9.17) is 16.7 Å². The van der Waals surface area contributed by atoms with Gasteiger partial charge in [-0.25, -0.2) is 4.79 Å². The van der Waals surface area contributed by atoms with Crippen LogP contribution in [0.15, 0.2) is 60.9 Å². The van der Waals surface area contributed by atoms with E-state index < -0.39 is 5.97 Å². The van der Waals surface area contributed by atoms with Crippen molar-refractivity contribution in [2.24, 2.45) is 17.8 Å². The Hall–Kier alpha value is -3.05. The molecule has 2 aromatic carbocycles. The lowest BCUT2D eigenvalue weighted by Crippen LogP contribution is -2.48. The average molecular weight is 474 g/mol. The number of aromatic carboxylic acids is 1. The van der Waals surface area contributed by atoms with Crippen LogP contribution in [-0.2, 0) is 5.41 Å². The molecule has 4 saturated carbocycles. The van der Waals surface area contributed by atoms with E-state index in [1.807, 2.05) is 24.3 Å². The monoisotopic (exact) mass is 473 g/mol. The fraction of sp³-hybridized carbons (Fsp3) is 0.357. The number of carbonyl (C=O) groups is 1. The standard InChI is InChI=1S/C28H28ClN3O2/c29-25-11-21(28-12-17-7-18(13-28)9-19(8-17)14-28)1-6-26(25)32-23-4-2-22(3-5-23)31-24-10-20(27(33)34)15-30-16-24/h1-6,10-11,15-19,31-32H,7-9,12-14H2,(H,33,34). The van der Waals surface area contributed by atoms with Gasteiger partial charge in [0, 0.05) is 17.6 Å². The zero-order valence-corrected chi connectivity index (χ0v) is 19.7. The maximum absolute atomic E-state index is 11.1. The number of hydrogen-bond acceptors (Lipinski definition) is 4. The van der Waals surface area contributed by atoms with Gasteiger partial charge in [-0.05, 0) is 110 Å². The lowest BCUT2D eigenvalue weighted by Gasteiger charge is -2.57. The molecule has 1 aromatic heterocycles. The number of rotatable bonds is 6. The van der Waals surface area contributed by atoms with Crippen LogP contribution in [0.3, 0.4) is 0 Å². The number of anilines is 4. The summed E-state index contributed by atoms with van der Waals surface area (Å²) in [7, 11) is 0. The maximum Gasteiger partial charge on any atom is 0.337 e. The van der Waals surface area contributed by atoms with E-state index in [0.717, 1.165) is 39.8 Å². The second kappa shape index (κ2) is 8.31. The van der Waals surface area contributed by atoms with Crippen molar-refractivity contribution in [1.29, 1.82) is 0 Å². The smallest absolute Gasteiger partial charge is 0.337 e. The molecule has 4 aliphatic carbocycles. The molecule has 6 heteroatoms. The van der Waals surface area contributed by atoms with Gasteiger partial charge < -0.3 is 15.7 Å². The van der Waals surface area contributed by atoms with Gasteiger partial charge in [0.1, 0.15) is 0 Å². The van der Waals surface area contributed by atoms with Crippen LogP contribution in [0.2, 0.25) is 5.02 Å². The van der Waals surface area contributed by atoms with E-state index in [9.17, 15) is 4.79 Å². The third-order valence-corrected chi connectivity index (χ3v) is 8.37. The lowest BCUT2D eigenvalue weighted by atomic mass is 9.48. The van der Waals surface area contributed by atoms with Gasteiger partial charge >= 0.3 is 5.97 Å². The number of benzene rings is 2. The summed E-state index contributed by atoms with van der Waals surface area (Å²) in [6.45, 7) is 0. The van der Waals surface area contributed by atoms with Gasteiger partial charge in [-0.2, -0.15) is 0 Å². The zero-order valence-electron chi connectivity index (χ0n) is 18.9. The van der Waals surface area contributed by atoms with E-state index in [2.05, 4.69) is 33.8 Å². The summed E-state index contributed by atoms with van der Waals surface area (Å²) in [5.41, 5.74) is 5.24. The van der Waals surface area contributed by atoms with Crippen molar-refractivity contribution in [2.75, 3.05) is 10.6 Å². The predicted molar refractivity (Wildman–Crippen MR) is 136 cm³/mol. The highest BCUT2D eigenvalue weighted by Gasteiger charge is 2.51. The maximum atomic E-state index is 11.1. The molecule has 4 bridgehead atoms. The van der Waals surface area contributed by atoms with E-state index in [1.165, 1.54) is 50.3 Å². The van der Waals surface area contributed by atoms with Crippen molar-refractivity contribution in [1.82, 2.24) is 4.98 Å². The molecule has 1 heterocycles. The number of hydrogen-bond donors (Lipinski definition) is 3. The topological polar surface area (TPSA) is 74.2 Å². The van der Waals surface area contributed by atoms with Crippen molar-refractivity contribution in [3.8, 4) is 0 Å². The Labute approximate surface area is 204 Å². The third-order valence-electron chi connectivity index (χ3n) is 8.06. The summed E-state index contributed by atoms with van der Waals surface area (Å²) >= 11 is 6.77. The highest BCUT2D eigenvalue weighted by atomic mass is 35.5. The molecule has 4 fully saturated rings. The number of pyridine rings is 1. The second-order valence-electron chi connectivity index (χ2n) is 10.5. The summed E-state index contributed by atoms with van der Waals surface area (Å²) in [5, 5.41) is 16.5. The number of halogens is 1. The van der Waals surface area contributed by atoms with Crippen molar-refractivity contribution in [3.05, 3.63) is 77.1 Å². The molecule has 3 N–H and O–H groups in total. The number of nitrogens with one attached hydrogen (secondary N) is 2. The average Bonchev–Trinajstić information content (AvgIpc) is 2.81. The largest absolute Gasteiger partial charge is 0.478 e. The van der Waals surface area contributed by atoms with Crippen molar-refractivity contribution >= 4 is 40.3 Å². The summed E-state index contributed by atoms with van der Waals surface area (Å²) in [5.74, 6) is 1.74. The zero-order chi connectivity index (χ0) is 23.3. The Kier molecular flexibility index (Phi) is 5.25. The highest BCUT2D eigenvalue weighted by Crippen LogP contribution is 2.61. The SMILES string of the molecule is O=C(O)c1cncc(Nc2ccc(Nc3ccc(C45CC6CC(CC(C6)C4)C5)cc3Cl)cc2)c1. The molecule has 0 atom stereocenters. The predicted octanol–water partition coefficient (Wildman–Crippen LogP) is 7.39.